The highest BCUT2D eigenvalue weighted by Gasteiger charge is 2.15. The highest BCUT2D eigenvalue weighted by Crippen LogP contribution is 2.16. The third kappa shape index (κ3) is 6.10. The summed E-state index contributed by atoms with van der Waals surface area (Å²) < 4.78 is 0. The van der Waals surface area contributed by atoms with Gasteiger partial charge in [-0.05, 0) is 31.4 Å². The summed E-state index contributed by atoms with van der Waals surface area (Å²) in [6.45, 7) is 2.26. The first-order valence-electron chi connectivity index (χ1n) is 7.98. The average molecular weight is 320 g/mol. The number of likely N-dealkylation sites (tertiary alicyclic amines) is 1. The lowest BCUT2D eigenvalue weighted by Gasteiger charge is -2.20. The second kappa shape index (κ2) is 9.51. The molecule has 0 saturated carbocycles. The van der Waals surface area contributed by atoms with Crippen LogP contribution in [0, 0.1) is 0 Å². The molecule has 1 aromatic rings. The highest BCUT2D eigenvalue weighted by atomic mass is 32.2. The fourth-order valence-electron chi connectivity index (χ4n) is 2.49. The number of carbonyl (C=O) groups excluding carboxylic acids is 2. The molecular formula is C17H24N2O2S. The summed E-state index contributed by atoms with van der Waals surface area (Å²) in [6, 6.07) is 9.91. The van der Waals surface area contributed by atoms with Crippen molar-refractivity contribution in [3.05, 3.63) is 30.3 Å². The molecule has 1 saturated heterocycles. The quantitative estimate of drug-likeness (QED) is 0.621. The van der Waals surface area contributed by atoms with Crippen LogP contribution in [0.5, 0.6) is 0 Å². The molecule has 0 unspecified atom stereocenters. The molecule has 1 fully saturated rings. The molecule has 0 bridgehead atoms. The third-order valence-electron chi connectivity index (χ3n) is 3.71. The molecule has 2 amide bonds. The first kappa shape index (κ1) is 16.9. The van der Waals surface area contributed by atoms with Crippen molar-refractivity contribution in [1.29, 1.82) is 0 Å². The maximum atomic E-state index is 11.8. The molecule has 1 heterocycles. The smallest absolute Gasteiger partial charge is 0.230 e. The van der Waals surface area contributed by atoms with Crippen molar-refractivity contribution in [3.63, 3.8) is 0 Å². The van der Waals surface area contributed by atoms with Crippen molar-refractivity contribution in [3.8, 4) is 0 Å². The van der Waals surface area contributed by atoms with Crippen LogP contribution in [0.15, 0.2) is 35.2 Å². The SMILES string of the molecule is O=C(CSc1ccccc1)NCCCN1CCCCCC1=O. The Morgan fingerprint density at radius 2 is 2.00 bits per heavy atom. The van der Waals surface area contributed by atoms with Crippen LogP contribution in [0.4, 0.5) is 0 Å². The maximum absolute atomic E-state index is 11.8. The van der Waals surface area contributed by atoms with Crippen molar-refractivity contribution in [2.75, 3.05) is 25.4 Å². The van der Waals surface area contributed by atoms with Gasteiger partial charge in [0.05, 0.1) is 5.75 Å². The van der Waals surface area contributed by atoms with Gasteiger partial charge in [-0.15, -0.1) is 11.8 Å². The normalized spacial score (nSPS) is 15.5. The summed E-state index contributed by atoms with van der Waals surface area (Å²) in [5.41, 5.74) is 0. The molecule has 1 aliphatic heterocycles. The molecule has 4 nitrogen and oxygen atoms in total. The monoisotopic (exact) mass is 320 g/mol. The van der Waals surface area contributed by atoms with Crippen molar-refractivity contribution < 1.29 is 9.59 Å². The Morgan fingerprint density at radius 3 is 2.82 bits per heavy atom. The van der Waals surface area contributed by atoms with E-state index in [1.807, 2.05) is 35.2 Å². The number of thioether (sulfide) groups is 1. The van der Waals surface area contributed by atoms with E-state index in [9.17, 15) is 9.59 Å². The van der Waals surface area contributed by atoms with Crippen LogP contribution in [0.3, 0.4) is 0 Å². The third-order valence-corrected chi connectivity index (χ3v) is 4.72. The highest BCUT2D eigenvalue weighted by molar-refractivity contribution is 8.00. The standard InChI is InChI=1S/C17H24N2O2S/c20-16(14-22-15-8-3-1-4-9-15)18-11-7-13-19-12-6-2-5-10-17(19)21/h1,3-4,8-9H,2,5-7,10-14H2,(H,18,20). The lowest BCUT2D eigenvalue weighted by molar-refractivity contribution is -0.130. The number of amides is 2. The fourth-order valence-corrected chi connectivity index (χ4v) is 3.24. The van der Waals surface area contributed by atoms with Crippen LogP contribution in [0.2, 0.25) is 0 Å². The number of benzene rings is 1. The largest absolute Gasteiger partial charge is 0.355 e. The summed E-state index contributed by atoms with van der Waals surface area (Å²) in [5, 5.41) is 2.93. The first-order valence-corrected chi connectivity index (χ1v) is 8.96. The lowest BCUT2D eigenvalue weighted by Crippen LogP contribution is -2.34. The molecule has 22 heavy (non-hydrogen) atoms. The van der Waals surface area contributed by atoms with E-state index >= 15 is 0 Å². The maximum Gasteiger partial charge on any atom is 0.230 e. The van der Waals surface area contributed by atoms with Crippen LogP contribution in [0.1, 0.15) is 32.1 Å². The number of nitrogens with one attached hydrogen (secondary N) is 1. The Labute approximate surface area is 136 Å². The van der Waals surface area contributed by atoms with Gasteiger partial charge in [0.1, 0.15) is 0 Å². The molecule has 120 valence electrons. The van der Waals surface area contributed by atoms with Crippen molar-refractivity contribution in [1.82, 2.24) is 10.2 Å². The minimum Gasteiger partial charge on any atom is -0.355 e. The van der Waals surface area contributed by atoms with Crippen LogP contribution in [-0.4, -0.2) is 42.1 Å². The summed E-state index contributed by atoms with van der Waals surface area (Å²) in [7, 11) is 0. The topological polar surface area (TPSA) is 49.4 Å². The number of carbonyl (C=O) groups is 2. The number of hydrogen-bond acceptors (Lipinski definition) is 3. The molecule has 1 aromatic carbocycles. The van der Waals surface area contributed by atoms with Gasteiger partial charge in [0.15, 0.2) is 0 Å². The van der Waals surface area contributed by atoms with E-state index in [1.165, 1.54) is 0 Å². The molecule has 0 radical (unpaired) electrons. The summed E-state index contributed by atoms with van der Waals surface area (Å²) in [5.74, 6) is 0.756. The van der Waals surface area contributed by atoms with Gasteiger partial charge in [0.25, 0.3) is 0 Å². The van der Waals surface area contributed by atoms with Crippen molar-refractivity contribution in [2.24, 2.45) is 0 Å². The van der Waals surface area contributed by atoms with Crippen LogP contribution in [-0.2, 0) is 9.59 Å². The number of nitrogens with zero attached hydrogens (tertiary/aromatic N) is 1. The van der Waals surface area contributed by atoms with E-state index in [0.29, 0.717) is 18.7 Å². The van der Waals surface area contributed by atoms with Gasteiger partial charge in [-0.2, -0.15) is 0 Å². The predicted molar refractivity (Wildman–Crippen MR) is 89.8 cm³/mol. The lowest BCUT2D eigenvalue weighted by atomic mass is 10.2. The minimum atomic E-state index is 0.0519. The Bertz CT molecular complexity index is 479. The molecule has 2 rings (SSSR count). The predicted octanol–water partition coefficient (Wildman–Crippen LogP) is 2.69. The van der Waals surface area contributed by atoms with Gasteiger partial charge in [-0.3, -0.25) is 9.59 Å². The van der Waals surface area contributed by atoms with E-state index in [-0.39, 0.29) is 11.8 Å². The molecule has 0 aliphatic carbocycles. The number of rotatable bonds is 7. The second-order valence-corrected chi connectivity index (χ2v) is 6.55. The summed E-state index contributed by atoms with van der Waals surface area (Å²) in [6.07, 6.45) is 4.78. The zero-order valence-corrected chi connectivity index (χ0v) is 13.7. The van der Waals surface area contributed by atoms with E-state index < -0.39 is 0 Å². The minimum absolute atomic E-state index is 0.0519. The molecule has 1 N–H and O–H groups in total. The average Bonchev–Trinajstić information content (AvgIpc) is 2.75. The Balaban J connectivity index is 1.57. The molecule has 5 heteroatoms. The van der Waals surface area contributed by atoms with Gasteiger partial charge >= 0.3 is 0 Å². The molecule has 0 atom stereocenters. The van der Waals surface area contributed by atoms with Gasteiger partial charge in [-0.25, -0.2) is 0 Å². The number of hydrogen-bond donors (Lipinski definition) is 1. The van der Waals surface area contributed by atoms with Gasteiger partial charge < -0.3 is 10.2 Å². The fraction of sp³-hybridized carbons (Fsp3) is 0.529. The zero-order chi connectivity index (χ0) is 15.6. The van der Waals surface area contributed by atoms with E-state index in [1.54, 1.807) is 11.8 Å². The molecule has 0 aromatic heterocycles. The Hall–Kier alpha value is -1.49. The van der Waals surface area contributed by atoms with Crippen LogP contribution in [0.25, 0.3) is 0 Å². The first-order chi connectivity index (χ1) is 10.8. The van der Waals surface area contributed by atoms with E-state index in [2.05, 4.69) is 5.32 Å². The van der Waals surface area contributed by atoms with E-state index in [0.717, 1.165) is 43.7 Å². The zero-order valence-electron chi connectivity index (χ0n) is 12.9. The van der Waals surface area contributed by atoms with Crippen LogP contribution < -0.4 is 5.32 Å². The second-order valence-electron chi connectivity index (χ2n) is 5.50. The van der Waals surface area contributed by atoms with Crippen molar-refractivity contribution >= 4 is 23.6 Å². The molecular weight excluding hydrogens is 296 g/mol. The van der Waals surface area contributed by atoms with Crippen molar-refractivity contribution in [2.45, 2.75) is 37.0 Å². The summed E-state index contributed by atoms with van der Waals surface area (Å²) >= 11 is 1.54. The molecule has 0 spiro atoms. The van der Waals surface area contributed by atoms with Gasteiger partial charge in [-0.1, -0.05) is 24.6 Å². The Kier molecular flexibility index (Phi) is 7.30. The van der Waals surface area contributed by atoms with Crippen LogP contribution >= 0.6 is 11.8 Å². The molecule has 1 aliphatic rings. The Morgan fingerprint density at radius 1 is 1.18 bits per heavy atom. The van der Waals surface area contributed by atoms with Gasteiger partial charge in [0, 0.05) is 31.0 Å². The van der Waals surface area contributed by atoms with Gasteiger partial charge in [0.2, 0.25) is 11.8 Å². The van der Waals surface area contributed by atoms with E-state index in [4.69, 9.17) is 0 Å². The summed E-state index contributed by atoms with van der Waals surface area (Å²) in [4.78, 5) is 26.7.